The second kappa shape index (κ2) is 5.85. The maximum atomic E-state index is 12.6. The van der Waals surface area contributed by atoms with Crippen LogP contribution in [0.25, 0.3) is 0 Å². The van der Waals surface area contributed by atoms with Crippen LogP contribution in [0.2, 0.25) is 0 Å². The van der Waals surface area contributed by atoms with Gasteiger partial charge >= 0.3 is 0 Å². The fourth-order valence-corrected chi connectivity index (χ4v) is 2.37. The van der Waals surface area contributed by atoms with Gasteiger partial charge in [0.25, 0.3) is 5.91 Å². The van der Waals surface area contributed by atoms with Gasteiger partial charge in [0.05, 0.1) is 6.61 Å². The van der Waals surface area contributed by atoms with Crippen molar-refractivity contribution >= 4 is 21.8 Å². The van der Waals surface area contributed by atoms with Crippen LogP contribution in [0.1, 0.15) is 28.8 Å². The zero-order chi connectivity index (χ0) is 13.1. The molecule has 1 amide bonds. The highest BCUT2D eigenvalue weighted by Crippen LogP contribution is 2.29. The van der Waals surface area contributed by atoms with Gasteiger partial charge < -0.3 is 9.64 Å². The van der Waals surface area contributed by atoms with Gasteiger partial charge in [0.15, 0.2) is 0 Å². The van der Waals surface area contributed by atoms with Crippen molar-refractivity contribution in [1.82, 2.24) is 4.90 Å². The van der Waals surface area contributed by atoms with Gasteiger partial charge in [-0.3, -0.25) is 4.79 Å². The highest BCUT2D eigenvalue weighted by molar-refractivity contribution is 9.10. The number of rotatable bonds is 5. The number of methoxy groups -OCH3 is 1. The number of hydrogen-bond donors (Lipinski definition) is 0. The van der Waals surface area contributed by atoms with E-state index in [1.54, 1.807) is 7.11 Å². The number of carbonyl (C=O) groups excluding carboxylic acids is 1. The van der Waals surface area contributed by atoms with E-state index in [-0.39, 0.29) is 5.91 Å². The molecule has 1 fully saturated rings. The zero-order valence-corrected chi connectivity index (χ0v) is 12.4. The van der Waals surface area contributed by atoms with Gasteiger partial charge in [-0.2, -0.15) is 0 Å². The van der Waals surface area contributed by atoms with E-state index in [0.29, 0.717) is 19.2 Å². The van der Waals surface area contributed by atoms with Gasteiger partial charge in [0, 0.05) is 29.7 Å². The molecule has 18 heavy (non-hydrogen) atoms. The Morgan fingerprint density at radius 1 is 1.50 bits per heavy atom. The average Bonchev–Trinajstić information content (AvgIpc) is 3.17. The minimum atomic E-state index is 0.119. The summed E-state index contributed by atoms with van der Waals surface area (Å²) in [5.41, 5.74) is 1.80. The molecule has 0 unspecified atom stereocenters. The molecule has 98 valence electrons. The van der Waals surface area contributed by atoms with Crippen molar-refractivity contribution in [3.8, 4) is 0 Å². The molecule has 0 radical (unpaired) electrons. The Morgan fingerprint density at radius 3 is 2.83 bits per heavy atom. The average molecular weight is 312 g/mol. The molecule has 1 saturated carbocycles. The lowest BCUT2D eigenvalue weighted by Gasteiger charge is -2.23. The number of aryl methyl sites for hydroxylation is 1. The summed E-state index contributed by atoms with van der Waals surface area (Å²) in [6.07, 6.45) is 2.23. The fourth-order valence-electron chi connectivity index (χ4n) is 2.01. The van der Waals surface area contributed by atoms with Crippen molar-refractivity contribution in [1.29, 1.82) is 0 Å². The Balaban J connectivity index is 2.19. The quantitative estimate of drug-likeness (QED) is 0.836. The summed E-state index contributed by atoms with van der Waals surface area (Å²) in [6, 6.07) is 6.24. The maximum Gasteiger partial charge on any atom is 0.254 e. The van der Waals surface area contributed by atoms with E-state index in [1.165, 1.54) is 0 Å². The summed E-state index contributed by atoms with van der Waals surface area (Å²) < 4.78 is 6.03. The van der Waals surface area contributed by atoms with Crippen molar-refractivity contribution < 1.29 is 9.53 Å². The van der Waals surface area contributed by atoms with E-state index in [1.807, 2.05) is 30.0 Å². The molecule has 1 aromatic carbocycles. The van der Waals surface area contributed by atoms with E-state index in [9.17, 15) is 4.79 Å². The first-order valence-corrected chi connectivity index (χ1v) is 6.99. The fraction of sp³-hybridized carbons (Fsp3) is 0.500. The van der Waals surface area contributed by atoms with E-state index >= 15 is 0 Å². The standard InChI is InChI=1S/C14H18BrNO2/c1-10-3-4-11(15)9-13(10)14(17)16(7-8-18-2)12-5-6-12/h3-4,9,12H,5-8H2,1-2H3. The Hall–Kier alpha value is -0.870. The van der Waals surface area contributed by atoms with Crippen molar-refractivity contribution in [3.63, 3.8) is 0 Å². The molecule has 0 N–H and O–H groups in total. The normalized spacial score (nSPS) is 14.6. The molecule has 0 saturated heterocycles. The second-order valence-corrected chi connectivity index (χ2v) is 5.60. The van der Waals surface area contributed by atoms with E-state index in [0.717, 1.165) is 28.4 Å². The Kier molecular flexibility index (Phi) is 4.40. The highest BCUT2D eigenvalue weighted by atomic mass is 79.9. The third-order valence-electron chi connectivity index (χ3n) is 3.21. The SMILES string of the molecule is COCCN(C(=O)c1cc(Br)ccc1C)C1CC1. The number of halogens is 1. The van der Waals surface area contributed by atoms with Crippen molar-refractivity contribution in [2.24, 2.45) is 0 Å². The summed E-state index contributed by atoms with van der Waals surface area (Å²) in [7, 11) is 1.67. The minimum Gasteiger partial charge on any atom is -0.383 e. The lowest BCUT2D eigenvalue weighted by Crippen LogP contribution is -2.36. The number of benzene rings is 1. The lowest BCUT2D eigenvalue weighted by molar-refractivity contribution is 0.0679. The Bertz CT molecular complexity index is 443. The monoisotopic (exact) mass is 311 g/mol. The van der Waals surface area contributed by atoms with Gasteiger partial charge in [-0.15, -0.1) is 0 Å². The van der Waals surface area contributed by atoms with E-state index in [4.69, 9.17) is 4.74 Å². The minimum absolute atomic E-state index is 0.119. The zero-order valence-electron chi connectivity index (χ0n) is 10.8. The van der Waals surface area contributed by atoms with Crippen LogP contribution in [-0.2, 0) is 4.74 Å². The summed E-state index contributed by atoms with van der Waals surface area (Å²) in [5, 5.41) is 0. The van der Waals surface area contributed by atoms with Gasteiger partial charge in [-0.1, -0.05) is 22.0 Å². The molecular weight excluding hydrogens is 294 g/mol. The second-order valence-electron chi connectivity index (χ2n) is 4.68. The largest absolute Gasteiger partial charge is 0.383 e. The van der Waals surface area contributed by atoms with Crippen molar-refractivity contribution in [2.75, 3.05) is 20.3 Å². The predicted octanol–water partition coefficient (Wildman–Crippen LogP) is 3.01. The molecule has 0 heterocycles. The molecule has 0 bridgehead atoms. The van der Waals surface area contributed by atoms with Gasteiger partial charge in [0.1, 0.15) is 0 Å². The van der Waals surface area contributed by atoms with Crippen molar-refractivity contribution in [2.45, 2.75) is 25.8 Å². The summed E-state index contributed by atoms with van der Waals surface area (Å²) >= 11 is 3.42. The van der Waals surface area contributed by atoms with Gasteiger partial charge in [-0.25, -0.2) is 0 Å². The van der Waals surface area contributed by atoms with E-state index in [2.05, 4.69) is 15.9 Å². The number of carbonyl (C=O) groups is 1. The third-order valence-corrected chi connectivity index (χ3v) is 3.71. The number of hydrogen-bond acceptors (Lipinski definition) is 2. The molecule has 0 aromatic heterocycles. The van der Waals surface area contributed by atoms with Crippen molar-refractivity contribution in [3.05, 3.63) is 33.8 Å². The van der Waals surface area contributed by atoms with Crippen LogP contribution in [0, 0.1) is 6.92 Å². The molecule has 4 heteroatoms. The van der Waals surface area contributed by atoms with Gasteiger partial charge in [-0.05, 0) is 37.5 Å². The van der Waals surface area contributed by atoms with Gasteiger partial charge in [0.2, 0.25) is 0 Å². The number of ether oxygens (including phenoxy) is 1. The molecular formula is C14H18BrNO2. The third kappa shape index (κ3) is 3.12. The highest BCUT2D eigenvalue weighted by Gasteiger charge is 2.33. The van der Waals surface area contributed by atoms with E-state index < -0.39 is 0 Å². The first-order chi connectivity index (χ1) is 8.63. The first-order valence-electron chi connectivity index (χ1n) is 6.19. The molecule has 1 aromatic rings. The Labute approximate surface area is 116 Å². The molecule has 2 rings (SSSR count). The van der Waals surface area contributed by atoms with Crippen LogP contribution in [-0.4, -0.2) is 37.1 Å². The molecule has 1 aliphatic rings. The maximum absolute atomic E-state index is 12.6. The first kappa shape index (κ1) is 13.6. The molecule has 3 nitrogen and oxygen atoms in total. The predicted molar refractivity (Wildman–Crippen MR) is 74.8 cm³/mol. The summed E-state index contributed by atoms with van der Waals surface area (Å²) in [4.78, 5) is 14.5. The number of amides is 1. The topological polar surface area (TPSA) is 29.5 Å². The summed E-state index contributed by atoms with van der Waals surface area (Å²) in [6.45, 7) is 3.24. The van der Waals surface area contributed by atoms with Crippen LogP contribution in [0.5, 0.6) is 0 Å². The Morgan fingerprint density at radius 2 is 2.22 bits per heavy atom. The van der Waals surface area contributed by atoms with Crippen LogP contribution in [0.3, 0.4) is 0 Å². The molecule has 1 aliphatic carbocycles. The molecule has 0 aliphatic heterocycles. The smallest absolute Gasteiger partial charge is 0.254 e. The van der Waals surface area contributed by atoms with Crippen LogP contribution < -0.4 is 0 Å². The summed E-state index contributed by atoms with van der Waals surface area (Å²) in [5.74, 6) is 0.119. The van der Waals surface area contributed by atoms with Crippen LogP contribution in [0.15, 0.2) is 22.7 Å². The number of nitrogens with zero attached hydrogens (tertiary/aromatic N) is 1. The molecule has 0 atom stereocenters. The lowest BCUT2D eigenvalue weighted by atomic mass is 10.1. The van der Waals surface area contributed by atoms with Crippen LogP contribution >= 0.6 is 15.9 Å². The van der Waals surface area contributed by atoms with Crippen LogP contribution in [0.4, 0.5) is 0 Å². The molecule has 0 spiro atoms.